The van der Waals surface area contributed by atoms with Crippen LogP contribution in [0.3, 0.4) is 0 Å². The van der Waals surface area contributed by atoms with Crippen molar-refractivity contribution in [3.05, 3.63) is 36.7 Å². The summed E-state index contributed by atoms with van der Waals surface area (Å²) in [5, 5.41) is 12.7. The second-order valence-electron chi connectivity index (χ2n) is 4.56. The summed E-state index contributed by atoms with van der Waals surface area (Å²) in [7, 11) is 0. The molecule has 104 valence electrons. The quantitative estimate of drug-likeness (QED) is 0.879. The van der Waals surface area contributed by atoms with Gasteiger partial charge in [0, 0.05) is 32.2 Å². The summed E-state index contributed by atoms with van der Waals surface area (Å²) in [4.78, 5) is 10.8. The Bertz CT molecular complexity index is 568. The number of phenolic OH excluding ortho intramolecular Hbond substituents is 1. The highest BCUT2D eigenvalue weighted by atomic mass is 16.5. The van der Waals surface area contributed by atoms with Gasteiger partial charge in [-0.15, -0.1) is 0 Å². The van der Waals surface area contributed by atoms with Crippen LogP contribution in [0, 0.1) is 0 Å². The summed E-state index contributed by atoms with van der Waals surface area (Å²) in [6.45, 7) is 3.72. The Balaban J connectivity index is 1.69. The van der Waals surface area contributed by atoms with Gasteiger partial charge < -0.3 is 20.1 Å². The number of aromatic hydroxyl groups is 1. The molecule has 1 fully saturated rings. The molecule has 1 saturated heterocycles. The average Bonchev–Trinajstić information content (AvgIpc) is 2.49. The topological polar surface area (TPSA) is 70.5 Å². The highest BCUT2D eigenvalue weighted by molar-refractivity contribution is 5.37. The maximum Gasteiger partial charge on any atom is 0.225 e. The van der Waals surface area contributed by atoms with Gasteiger partial charge in [-0.2, -0.15) is 0 Å². The third-order valence-electron chi connectivity index (χ3n) is 3.07. The number of hydrogen-bond donors (Lipinski definition) is 2. The van der Waals surface area contributed by atoms with Crippen LogP contribution in [0.25, 0.3) is 0 Å². The largest absolute Gasteiger partial charge is 0.508 e. The molecule has 0 amide bonds. The third-order valence-corrected chi connectivity index (χ3v) is 3.07. The minimum absolute atomic E-state index is 0.167. The molecule has 0 aliphatic carbocycles. The van der Waals surface area contributed by atoms with Crippen LogP contribution in [0.5, 0.6) is 17.2 Å². The number of aromatic nitrogens is 2. The number of phenols is 1. The normalized spacial score (nSPS) is 15.1. The Morgan fingerprint density at radius 2 is 1.85 bits per heavy atom. The molecule has 6 heteroatoms. The first-order chi connectivity index (χ1) is 9.81. The zero-order valence-corrected chi connectivity index (χ0v) is 11.0. The molecule has 2 aromatic rings. The Hall–Kier alpha value is -2.34. The Labute approximate surface area is 117 Å². The van der Waals surface area contributed by atoms with E-state index in [-0.39, 0.29) is 5.75 Å². The second-order valence-corrected chi connectivity index (χ2v) is 4.56. The van der Waals surface area contributed by atoms with Gasteiger partial charge in [0.2, 0.25) is 5.95 Å². The third kappa shape index (κ3) is 2.97. The molecular weight excluding hydrogens is 256 g/mol. The van der Waals surface area contributed by atoms with Crippen LogP contribution in [-0.4, -0.2) is 41.3 Å². The van der Waals surface area contributed by atoms with Crippen molar-refractivity contribution in [1.29, 1.82) is 0 Å². The minimum atomic E-state index is 0.167. The maximum absolute atomic E-state index is 9.38. The summed E-state index contributed by atoms with van der Waals surface area (Å²) in [6.07, 6.45) is 3.29. The highest BCUT2D eigenvalue weighted by Crippen LogP contribution is 2.24. The molecule has 1 aliphatic rings. The Morgan fingerprint density at radius 3 is 2.55 bits per heavy atom. The van der Waals surface area contributed by atoms with Gasteiger partial charge in [-0.25, -0.2) is 9.97 Å². The molecule has 0 saturated carbocycles. The van der Waals surface area contributed by atoms with E-state index in [1.807, 2.05) is 0 Å². The summed E-state index contributed by atoms with van der Waals surface area (Å²) in [5.41, 5.74) is 0. The van der Waals surface area contributed by atoms with Gasteiger partial charge in [-0.1, -0.05) is 6.07 Å². The molecule has 20 heavy (non-hydrogen) atoms. The standard InChI is InChI=1S/C14H16N4O2/c19-11-2-1-3-12(8-11)20-13-9-16-14(17-10-13)18-6-4-15-5-7-18/h1-3,8-10,15,19H,4-7H2. The summed E-state index contributed by atoms with van der Waals surface area (Å²) in [6, 6.07) is 6.63. The molecule has 1 aromatic heterocycles. The van der Waals surface area contributed by atoms with Crippen LogP contribution in [0.15, 0.2) is 36.7 Å². The first kappa shape index (κ1) is 12.7. The number of piperazine rings is 1. The summed E-state index contributed by atoms with van der Waals surface area (Å²) in [5.74, 6) is 1.99. The van der Waals surface area contributed by atoms with E-state index in [0.29, 0.717) is 11.5 Å². The fraction of sp³-hybridized carbons (Fsp3) is 0.286. The van der Waals surface area contributed by atoms with Crippen molar-refractivity contribution in [3.8, 4) is 17.2 Å². The van der Waals surface area contributed by atoms with Crippen molar-refractivity contribution in [2.24, 2.45) is 0 Å². The monoisotopic (exact) mass is 272 g/mol. The summed E-state index contributed by atoms with van der Waals surface area (Å²) < 4.78 is 5.59. The molecule has 0 bridgehead atoms. The van der Waals surface area contributed by atoms with Gasteiger partial charge in [0.25, 0.3) is 0 Å². The molecule has 1 aliphatic heterocycles. The second kappa shape index (κ2) is 5.75. The van der Waals surface area contributed by atoms with Crippen molar-refractivity contribution in [3.63, 3.8) is 0 Å². The van der Waals surface area contributed by atoms with Gasteiger partial charge >= 0.3 is 0 Å². The molecule has 0 radical (unpaired) electrons. The number of nitrogens with one attached hydrogen (secondary N) is 1. The lowest BCUT2D eigenvalue weighted by Crippen LogP contribution is -2.44. The smallest absolute Gasteiger partial charge is 0.225 e. The fourth-order valence-electron chi connectivity index (χ4n) is 2.07. The zero-order valence-electron chi connectivity index (χ0n) is 11.0. The van der Waals surface area contributed by atoms with E-state index in [2.05, 4.69) is 20.2 Å². The van der Waals surface area contributed by atoms with E-state index >= 15 is 0 Å². The molecule has 0 atom stereocenters. The van der Waals surface area contributed by atoms with Crippen molar-refractivity contribution in [2.75, 3.05) is 31.1 Å². The van der Waals surface area contributed by atoms with E-state index < -0.39 is 0 Å². The van der Waals surface area contributed by atoms with E-state index in [9.17, 15) is 5.11 Å². The molecule has 1 aromatic carbocycles. The van der Waals surface area contributed by atoms with Crippen LogP contribution in [0.1, 0.15) is 0 Å². The van der Waals surface area contributed by atoms with Crippen molar-refractivity contribution in [2.45, 2.75) is 0 Å². The molecule has 0 unspecified atom stereocenters. The van der Waals surface area contributed by atoms with E-state index in [1.54, 1.807) is 36.7 Å². The molecule has 2 N–H and O–H groups in total. The van der Waals surface area contributed by atoms with Crippen LogP contribution in [0.4, 0.5) is 5.95 Å². The molecular formula is C14H16N4O2. The van der Waals surface area contributed by atoms with Gasteiger partial charge in [0.15, 0.2) is 5.75 Å². The van der Waals surface area contributed by atoms with Crippen molar-refractivity contribution < 1.29 is 9.84 Å². The molecule has 3 rings (SSSR count). The SMILES string of the molecule is Oc1cccc(Oc2cnc(N3CCNCC3)nc2)c1. The minimum Gasteiger partial charge on any atom is -0.508 e. The van der Waals surface area contributed by atoms with E-state index in [4.69, 9.17) is 4.74 Å². The van der Waals surface area contributed by atoms with Gasteiger partial charge in [0.1, 0.15) is 11.5 Å². The summed E-state index contributed by atoms with van der Waals surface area (Å²) >= 11 is 0. The lowest BCUT2D eigenvalue weighted by molar-refractivity contribution is 0.453. The predicted molar refractivity (Wildman–Crippen MR) is 75.3 cm³/mol. The lowest BCUT2D eigenvalue weighted by atomic mass is 10.3. The van der Waals surface area contributed by atoms with Gasteiger partial charge in [0.05, 0.1) is 12.4 Å². The number of nitrogens with zero attached hydrogens (tertiary/aromatic N) is 3. The number of ether oxygens (including phenoxy) is 1. The Morgan fingerprint density at radius 1 is 1.10 bits per heavy atom. The maximum atomic E-state index is 9.38. The van der Waals surface area contributed by atoms with Crippen molar-refractivity contribution in [1.82, 2.24) is 15.3 Å². The number of hydrogen-bond acceptors (Lipinski definition) is 6. The van der Waals surface area contributed by atoms with Gasteiger partial charge in [-0.3, -0.25) is 0 Å². The number of benzene rings is 1. The van der Waals surface area contributed by atoms with Crippen LogP contribution in [0.2, 0.25) is 0 Å². The highest BCUT2D eigenvalue weighted by Gasteiger charge is 2.12. The van der Waals surface area contributed by atoms with Crippen LogP contribution >= 0.6 is 0 Å². The Kier molecular flexibility index (Phi) is 3.64. The van der Waals surface area contributed by atoms with Crippen molar-refractivity contribution >= 4 is 5.95 Å². The average molecular weight is 272 g/mol. The molecule has 6 nitrogen and oxygen atoms in total. The van der Waals surface area contributed by atoms with E-state index in [0.717, 1.165) is 32.1 Å². The zero-order chi connectivity index (χ0) is 13.8. The number of anilines is 1. The molecule has 0 spiro atoms. The van der Waals surface area contributed by atoms with Gasteiger partial charge in [-0.05, 0) is 12.1 Å². The number of rotatable bonds is 3. The van der Waals surface area contributed by atoms with E-state index in [1.165, 1.54) is 0 Å². The first-order valence-electron chi connectivity index (χ1n) is 6.56. The fourth-order valence-corrected chi connectivity index (χ4v) is 2.07. The predicted octanol–water partition coefficient (Wildman–Crippen LogP) is 1.38. The molecule has 2 heterocycles. The lowest BCUT2D eigenvalue weighted by Gasteiger charge is -2.27. The van der Waals surface area contributed by atoms with Crippen LogP contribution in [-0.2, 0) is 0 Å². The first-order valence-corrected chi connectivity index (χ1v) is 6.56. The van der Waals surface area contributed by atoms with Crippen LogP contribution < -0.4 is 15.0 Å².